The maximum atomic E-state index is 12.3. The first kappa shape index (κ1) is 17.2. The molecule has 0 radical (unpaired) electrons. The molecule has 0 amide bonds. The van der Waals surface area contributed by atoms with Crippen molar-refractivity contribution in [3.63, 3.8) is 0 Å². The summed E-state index contributed by atoms with van der Waals surface area (Å²) in [5, 5.41) is 7.39. The van der Waals surface area contributed by atoms with Gasteiger partial charge in [-0.1, -0.05) is 32.0 Å². The van der Waals surface area contributed by atoms with Crippen LogP contribution in [0.15, 0.2) is 50.4 Å². The Labute approximate surface area is 149 Å². The van der Waals surface area contributed by atoms with E-state index in [1.807, 2.05) is 37.4 Å². The summed E-state index contributed by atoms with van der Waals surface area (Å²) < 4.78 is 3.83. The minimum Gasteiger partial charge on any atom is -0.278 e. The Morgan fingerprint density at radius 2 is 2.04 bits per heavy atom. The fourth-order valence-corrected chi connectivity index (χ4v) is 3.48. The largest absolute Gasteiger partial charge is 0.332 e. The van der Waals surface area contributed by atoms with E-state index in [9.17, 15) is 9.59 Å². The summed E-state index contributed by atoms with van der Waals surface area (Å²) in [5.41, 5.74) is 3.14. The Morgan fingerprint density at radius 3 is 2.80 bits per heavy atom. The fraction of sp³-hybridized carbons (Fsp3) is 0.278. The van der Waals surface area contributed by atoms with Gasteiger partial charge < -0.3 is 0 Å². The van der Waals surface area contributed by atoms with Crippen LogP contribution < -0.4 is 16.7 Å². The maximum Gasteiger partial charge on any atom is 0.332 e. The molecule has 2 heterocycles. The molecule has 0 unspecified atom stereocenters. The summed E-state index contributed by atoms with van der Waals surface area (Å²) in [7, 11) is 1.48. The van der Waals surface area contributed by atoms with Crippen molar-refractivity contribution in [2.75, 3.05) is 5.43 Å². The van der Waals surface area contributed by atoms with E-state index in [1.54, 1.807) is 17.6 Å². The molecule has 7 heteroatoms. The van der Waals surface area contributed by atoms with E-state index < -0.39 is 0 Å². The van der Waals surface area contributed by atoms with Gasteiger partial charge in [0, 0.05) is 40.7 Å². The van der Waals surface area contributed by atoms with Crippen molar-refractivity contribution >= 4 is 33.5 Å². The zero-order valence-corrected chi connectivity index (χ0v) is 15.2. The van der Waals surface area contributed by atoms with Crippen LogP contribution in [0.4, 0.5) is 5.82 Å². The van der Waals surface area contributed by atoms with Gasteiger partial charge in [0.25, 0.3) is 5.56 Å². The van der Waals surface area contributed by atoms with E-state index >= 15 is 0 Å². The number of nitrogens with one attached hydrogen (secondary N) is 1. The Hall–Kier alpha value is -2.67. The van der Waals surface area contributed by atoms with Crippen LogP contribution in [0.1, 0.15) is 19.4 Å². The predicted octanol–water partition coefficient (Wildman–Crippen LogP) is 2.86. The second kappa shape index (κ2) is 7.06. The maximum absolute atomic E-state index is 12.3. The Morgan fingerprint density at radius 1 is 1.28 bits per heavy atom. The second-order valence-electron chi connectivity index (χ2n) is 6.27. The molecule has 3 rings (SSSR count). The van der Waals surface area contributed by atoms with E-state index in [1.165, 1.54) is 22.4 Å². The molecule has 130 valence electrons. The first-order valence-electron chi connectivity index (χ1n) is 8.03. The summed E-state index contributed by atoms with van der Waals surface area (Å²) in [6, 6.07) is 9.49. The highest BCUT2D eigenvalue weighted by molar-refractivity contribution is 7.17. The number of rotatable bonds is 5. The number of aromatic nitrogens is 2. The molecule has 6 nitrogen and oxygen atoms in total. The Kier molecular flexibility index (Phi) is 4.85. The molecule has 1 aromatic carbocycles. The lowest BCUT2D eigenvalue weighted by molar-refractivity contribution is 0.492. The number of benzene rings is 1. The third-order valence-corrected chi connectivity index (χ3v) is 4.82. The van der Waals surface area contributed by atoms with E-state index in [0.29, 0.717) is 12.4 Å². The first-order valence-corrected chi connectivity index (χ1v) is 8.91. The summed E-state index contributed by atoms with van der Waals surface area (Å²) in [5.74, 6) is 0.665. The van der Waals surface area contributed by atoms with Gasteiger partial charge in [0.1, 0.15) is 5.82 Å². The average Bonchev–Trinajstić information content (AvgIpc) is 2.99. The number of anilines is 1. The van der Waals surface area contributed by atoms with Gasteiger partial charge in [-0.25, -0.2) is 4.79 Å². The quantitative estimate of drug-likeness (QED) is 0.565. The first-order chi connectivity index (χ1) is 12.0. The number of fused-ring (bicyclic) bond motifs is 1. The van der Waals surface area contributed by atoms with Crippen LogP contribution in [0, 0.1) is 5.92 Å². The lowest BCUT2D eigenvalue weighted by Crippen LogP contribution is -2.39. The summed E-state index contributed by atoms with van der Waals surface area (Å²) in [4.78, 5) is 24.3. The van der Waals surface area contributed by atoms with Gasteiger partial charge in [0.2, 0.25) is 0 Å². The minimum absolute atomic E-state index is 0.264. The number of hydrogen-bond acceptors (Lipinski definition) is 5. The second-order valence-corrected chi connectivity index (χ2v) is 7.18. The number of hydrogen-bond donors (Lipinski definition) is 1. The van der Waals surface area contributed by atoms with Crippen LogP contribution >= 0.6 is 11.3 Å². The van der Waals surface area contributed by atoms with Crippen LogP contribution in [-0.2, 0) is 13.6 Å². The number of nitrogens with zero attached hydrogens (tertiary/aromatic N) is 3. The zero-order chi connectivity index (χ0) is 18.0. The molecule has 0 aliphatic heterocycles. The molecule has 0 saturated carbocycles. The lowest BCUT2D eigenvalue weighted by Gasteiger charge is -2.14. The van der Waals surface area contributed by atoms with Gasteiger partial charge in [-0.15, -0.1) is 11.3 Å². The van der Waals surface area contributed by atoms with E-state index in [-0.39, 0.29) is 17.2 Å². The van der Waals surface area contributed by atoms with Crippen LogP contribution in [0.3, 0.4) is 0 Å². The Balaban J connectivity index is 1.92. The van der Waals surface area contributed by atoms with Crippen LogP contribution in [-0.4, -0.2) is 15.3 Å². The third-order valence-electron chi connectivity index (χ3n) is 3.84. The van der Waals surface area contributed by atoms with Gasteiger partial charge in [-0.3, -0.25) is 19.4 Å². The smallest absolute Gasteiger partial charge is 0.278 e. The topological polar surface area (TPSA) is 68.4 Å². The molecule has 0 saturated heterocycles. The lowest BCUT2D eigenvalue weighted by atomic mass is 10.2. The van der Waals surface area contributed by atoms with Crippen molar-refractivity contribution in [2.45, 2.75) is 20.4 Å². The molecule has 0 atom stereocenters. The predicted molar refractivity (Wildman–Crippen MR) is 104 cm³/mol. The summed E-state index contributed by atoms with van der Waals surface area (Å²) in [6.45, 7) is 4.54. The molecule has 1 N–H and O–H groups in total. The van der Waals surface area contributed by atoms with Gasteiger partial charge >= 0.3 is 5.69 Å². The van der Waals surface area contributed by atoms with Crippen molar-refractivity contribution in [1.29, 1.82) is 0 Å². The van der Waals surface area contributed by atoms with Crippen molar-refractivity contribution < 1.29 is 0 Å². The molecular formula is C18H20N4O2S. The average molecular weight is 356 g/mol. The van der Waals surface area contributed by atoms with Crippen molar-refractivity contribution in [3.8, 4) is 0 Å². The molecule has 0 aliphatic rings. The highest BCUT2D eigenvalue weighted by Crippen LogP contribution is 2.24. The normalized spacial score (nSPS) is 11.7. The van der Waals surface area contributed by atoms with Crippen molar-refractivity contribution in [3.05, 3.63) is 62.1 Å². The van der Waals surface area contributed by atoms with Crippen LogP contribution in [0.2, 0.25) is 0 Å². The van der Waals surface area contributed by atoms with Crippen molar-refractivity contribution in [2.24, 2.45) is 18.1 Å². The molecule has 3 aromatic rings. The number of hydrazone groups is 1. The van der Waals surface area contributed by atoms with Gasteiger partial charge in [0.05, 0.1) is 6.21 Å². The van der Waals surface area contributed by atoms with Crippen LogP contribution in [0.5, 0.6) is 0 Å². The van der Waals surface area contributed by atoms with E-state index in [0.717, 1.165) is 15.5 Å². The molecule has 0 spiro atoms. The summed E-state index contributed by atoms with van der Waals surface area (Å²) >= 11 is 1.65. The standard InChI is InChI=1S/C18H20N4O2S/c1-12(2)10-22-16(8-17(23)21(3)18(22)24)20-19-9-13-11-25-15-7-5-4-6-14(13)15/h4-9,11-12,20H,10H2,1-3H3. The minimum atomic E-state index is -0.358. The zero-order valence-electron chi connectivity index (χ0n) is 14.4. The molecular weight excluding hydrogens is 336 g/mol. The molecule has 0 bridgehead atoms. The summed E-state index contributed by atoms with van der Waals surface area (Å²) in [6.07, 6.45) is 1.71. The molecule has 0 aliphatic carbocycles. The highest BCUT2D eigenvalue weighted by Gasteiger charge is 2.10. The highest BCUT2D eigenvalue weighted by atomic mass is 32.1. The Bertz CT molecular complexity index is 1040. The molecule has 0 fully saturated rings. The van der Waals surface area contributed by atoms with Gasteiger partial charge in [0.15, 0.2) is 0 Å². The van der Waals surface area contributed by atoms with E-state index in [2.05, 4.69) is 16.6 Å². The molecule has 25 heavy (non-hydrogen) atoms. The third kappa shape index (κ3) is 3.56. The van der Waals surface area contributed by atoms with Crippen molar-refractivity contribution in [1.82, 2.24) is 9.13 Å². The monoisotopic (exact) mass is 356 g/mol. The van der Waals surface area contributed by atoms with Gasteiger partial charge in [-0.2, -0.15) is 5.10 Å². The fourth-order valence-electron chi connectivity index (χ4n) is 2.57. The van der Waals surface area contributed by atoms with E-state index in [4.69, 9.17) is 0 Å². The SMILES string of the molecule is CC(C)Cn1c(NN=Cc2csc3ccccc23)cc(=O)n(C)c1=O. The van der Waals surface area contributed by atoms with Gasteiger partial charge in [-0.05, 0) is 12.0 Å². The van der Waals surface area contributed by atoms with Crippen LogP contribution in [0.25, 0.3) is 10.1 Å². The number of thiophene rings is 1. The molecule has 2 aromatic heterocycles.